The van der Waals surface area contributed by atoms with Gasteiger partial charge in [0.1, 0.15) is 23.2 Å². The summed E-state index contributed by atoms with van der Waals surface area (Å²) in [5.74, 6) is -4.49. The van der Waals surface area contributed by atoms with Crippen molar-refractivity contribution in [1.82, 2.24) is 20.3 Å². The van der Waals surface area contributed by atoms with Crippen LogP contribution in [0.4, 0.5) is 17.6 Å². The lowest BCUT2D eigenvalue weighted by Gasteiger charge is -2.24. The Balaban J connectivity index is 1.34. The molecule has 40 heavy (non-hydrogen) atoms. The molecule has 0 saturated carbocycles. The highest BCUT2D eigenvalue weighted by Crippen LogP contribution is 2.36. The van der Waals surface area contributed by atoms with Crippen LogP contribution >= 0.6 is 0 Å². The minimum Gasteiger partial charge on any atom is -0.481 e. The molecule has 7 nitrogen and oxygen atoms in total. The van der Waals surface area contributed by atoms with Gasteiger partial charge in [0.2, 0.25) is 0 Å². The van der Waals surface area contributed by atoms with Crippen LogP contribution in [0.1, 0.15) is 35.0 Å². The average Bonchev–Trinajstić information content (AvgIpc) is 3.58. The van der Waals surface area contributed by atoms with E-state index in [4.69, 9.17) is 9.84 Å². The Kier molecular flexibility index (Phi) is 6.51. The SMILES string of the molecule is O=C(O)CCc1cccc([C@@H]2NCCc3[nH]c(-c4cc(Oc5c(F)cc6[nH]ccc6c5F)ccc4F)nc32)c1F. The van der Waals surface area contributed by atoms with Crippen LogP contribution in [0.15, 0.2) is 54.7 Å². The van der Waals surface area contributed by atoms with E-state index in [1.165, 1.54) is 24.4 Å². The number of aromatic nitrogens is 3. The number of rotatable bonds is 7. The second kappa shape index (κ2) is 10.2. The second-order valence-corrected chi connectivity index (χ2v) is 9.48. The van der Waals surface area contributed by atoms with Gasteiger partial charge in [-0.05, 0) is 36.2 Å². The summed E-state index contributed by atoms with van der Waals surface area (Å²) in [5.41, 5.74) is 1.99. The van der Waals surface area contributed by atoms with Crippen LogP contribution in [0.2, 0.25) is 0 Å². The Morgan fingerprint density at radius 1 is 1.05 bits per heavy atom. The number of ether oxygens (including phenoxy) is 1. The van der Waals surface area contributed by atoms with Crippen molar-refractivity contribution in [2.45, 2.75) is 25.3 Å². The number of aromatic amines is 2. The fourth-order valence-corrected chi connectivity index (χ4v) is 5.01. The number of imidazole rings is 1. The van der Waals surface area contributed by atoms with Gasteiger partial charge in [0.25, 0.3) is 0 Å². The van der Waals surface area contributed by atoms with Crippen LogP contribution < -0.4 is 10.1 Å². The third-order valence-corrected chi connectivity index (χ3v) is 6.95. The van der Waals surface area contributed by atoms with Crippen molar-refractivity contribution in [2.24, 2.45) is 0 Å². The summed E-state index contributed by atoms with van der Waals surface area (Å²) in [4.78, 5) is 21.4. The maximum absolute atomic E-state index is 15.4. The number of carbonyl (C=O) groups is 1. The van der Waals surface area contributed by atoms with Gasteiger partial charge < -0.3 is 25.1 Å². The molecule has 0 saturated heterocycles. The van der Waals surface area contributed by atoms with Gasteiger partial charge in [-0.1, -0.05) is 18.2 Å². The van der Waals surface area contributed by atoms with Gasteiger partial charge in [-0.3, -0.25) is 4.79 Å². The Morgan fingerprint density at radius 2 is 1.90 bits per heavy atom. The lowest BCUT2D eigenvalue weighted by atomic mass is 9.95. The van der Waals surface area contributed by atoms with Crippen molar-refractivity contribution in [3.8, 4) is 22.9 Å². The van der Waals surface area contributed by atoms with Gasteiger partial charge in [-0.25, -0.2) is 22.5 Å². The highest BCUT2D eigenvalue weighted by atomic mass is 19.1. The molecule has 204 valence electrons. The fraction of sp³-hybridized carbons (Fsp3) is 0.172. The van der Waals surface area contributed by atoms with Crippen molar-refractivity contribution in [3.05, 3.63) is 101 Å². The van der Waals surface area contributed by atoms with Crippen LogP contribution in [0, 0.1) is 23.3 Å². The minimum absolute atomic E-state index is 0.00451. The lowest BCUT2D eigenvalue weighted by molar-refractivity contribution is -0.136. The highest BCUT2D eigenvalue weighted by Gasteiger charge is 2.29. The molecule has 0 amide bonds. The number of hydrogen-bond donors (Lipinski definition) is 4. The first-order valence-corrected chi connectivity index (χ1v) is 12.5. The maximum atomic E-state index is 15.4. The number of hydrogen-bond acceptors (Lipinski definition) is 4. The number of benzene rings is 3. The first-order chi connectivity index (χ1) is 19.3. The number of H-pyrrole nitrogens is 2. The van der Waals surface area contributed by atoms with E-state index in [-0.39, 0.29) is 46.4 Å². The summed E-state index contributed by atoms with van der Waals surface area (Å²) in [5, 5.41) is 12.4. The first-order valence-electron chi connectivity index (χ1n) is 12.5. The largest absolute Gasteiger partial charge is 0.481 e. The van der Waals surface area contributed by atoms with Crippen molar-refractivity contribution >= 4 is 16.9 Å². The van der Waals surface area contributed by atoms with Crippen LogP contribution in [0.25, 0.3) is 22.3 Å². The number of carboxylic acids is 1. The highest BCUT2D eigenvalue weighted by molar-refractivity contribution is 5.82. The molecule has 1 aliphatic rings. The molecule has 0 bridgehead atoms. The van der Waals surface area contributed by atoms with Gasteiger partial charge in [0, 0.05) is 48.3 Å². The zero-order chi connectivity index (χ0) is 28.0. The topological polar surface area (TPSA) is 103 Å². The quantitative estimate of drug-likeness (QED) is 0.182. The molecule has 3 heterocycles. The number of nitrogens with one attached hydrogen (secondary N) is 3. The van der Waals surface area contributed by atoms with Gasteiger partial charge >= 0.3 is 5.97 Å². The standard InChI is InChI=1S/C29H22F4N4O3/c30-19-6-5-15(40-28-20(31)13-22-16(25(28)33)8-10-34-22)12-18(19)29-36-21-9-11-35-26(27(21)37-29)17-3-1-2-14(24(17)32)4-7-23(38)39/h1-3,5-6,8,10,12-13,26,34-35H,4,7,9,11H2,(H,36,37)(H,38,39)/t26-/m0/s1. The van der Waals surface area contributed by atoms with E-state index < -0.39 is 41.0 Å². The predicted octanol–water partition coefficient (Wildman–Crippen LogP) is 6.16. The Morgan fingerprint density at radius 3 is 2.73 bits per heavy atom. The summed E-state index contributed by atoms with van der Waals surface area (Å²) < 4.78 is 65.4. The number of nitrogens with zero attached hydrogens (tertiary/aromatic N) is 1. The third kappa shape index (κ3) is 4.58. The van der Waals surface area contributed by atoms with Crippen molar-refractivity contribution < 1.29 is 32.2 Å². The summed E-state index contributed by atoms with van der Waals surface area (Å²) >= 11 is 0. The molecule has 6 rings (SSSR count). The van der Waals surface area contributed by atoms with Crippen LogP contribution in [-0.4, -0.2) is 32.6 Å². The Labute approximate surface area is 224 Å². The number of fused-ring (bicyclic) bond motifs is 2. The summed E-state index contributed by atoms with van der Waals surface area (Å²) in [7, 11) is 0. The molecule has 0 radical (unpaired) electrons. The molecule has 0 fully saturated rings. The van der Waals surface area contributed by atoms with E-state index in [1.54, 1.807) is 18.2 Å². The number of carboxylic acid groups (broad SMARTS) is 1. The fourth-order valence-electron chi connectivity index (χ4n) is 5.01. The molecule has 11 heteroatoms. The van der Waals surface area contributed by atoms with E-state index >= 15 is 4.39 Å². The summed E-state index contributed by atoms with van der Waals surface area (Å²) in [6.45, 7) is 0.490. The first kappa shape index (κ1) is 25.6. The summed E-state index contributed by atoms with van der Waals surface area (Å²) in [6, 6.07) is 10.4. The molecule has 0 unspecified atom stereocenters. The normalized spacial score (nSPS) is 14.8. The smallest absolute Gasteiger partial charge is 0.303 e. The molecule has 1 aliphatic heterocycles. The van der Waals surface area contributed by atoms with E-state index in [0.29, 0.717) is 29.9 Å². The minimum atomic E-state index is -1.02. The number of aliphatic carboxylic acids is 1. The molecule has 0 aliphatic carbocycles. The molecule has 1 atom stereocenters. The zero-order valence-electron chi connectivity index (χ0n) is 20.8. The Bertz CT molecular complexity index is 1760. The molecule has 5 aromatic rings. The van der Waals surface area contributed by atoms with E-state index in [2.05, 4.69) is 20.3 Å². The molecule has 0 spiro atoms. The molecule has 4 N–H and O–H groups in total. The number of halogens is 4. The average molecular weight is 551 g/mol. The van der Waals surface area contributed by atoms with Crippen molar-refractivity contribution in [3.63, 3.8) is 0 Å². The molecule has 3 aromatic carbocycles. The van der Waals surface area contributed by atoms with Crippen LogP contribution in [0.3, 0.4) is 0 Å². The Hall–Kier alpha value is -4.64. The van der Waals surface area contributed by atoms with Gasteiger partial charge in [0.15, 0.2) is 17.4 Å². The molecule has 2 aromatic heterocycles. The van der Waals surface area contributed by atoms with E-state index in [1.807, 2.05) is 0 Å². The van der Waals surface area contributed by atoms with Crippen molar-refractivity contribution in [1.29, 1.82) is 0 Å². The summed E-state index contributed by atoms with van der Waals surface area (Å²) in [6.07, 6.45) is 1.83. The van der Waals surface area contributed by atoms with Crippen molar-refractivity contribution in [2.75, 3.05) is 6.54 Å². The van der Waals surface area contributed by atoms with Crippen LogP contribution in [-0.2, 0) is 17.6 Å². The van der Waals surface area contributed by atoms with Gasteiger partial charge in [-0.2, -0.15) is 0 Å². The van der Waals surface area contributed by atoms with E-state index in [9.17, 15) is 18.0 Å². The molecular weight excluding hydrogens is 528 g/mol. The third-order valence-electron chi connectivity index (χ3n) is 6.95. The van der Waals surface area contributed by atoms with Crippen LogP contribution in [0.5, 0.6) is 11.5 Å². The van der Waals surface area contributed by atoms with E-state index in [0.717, 1.165) is 12.1 Å². The maximum Gasteiger partial charge on any atom is 0.303 e. The van der Waals surface area contributed by atoms with Gasteiger partial charge in [-0.15, -0.1) is 0 Å². The lowest BCUT2D eigenvalue weighted by Crippen LogP contribution is -2.31. The zero-order valence-corrected chi connectivity index (χ0v) is 20.8. The molecular formula is C29H22F4N4O3. The van der Waals surface area contributed by atoms with Gasteiger partial charge in [0.05, 0.1) is 22.8 Å². The monoisotopic (exact) mass is 550 g/mol. The second-order valence-electron chi connectivity index (χ2n) is 9.48. The number of aryl methyl sites for hydroxylation is 1. The predicted molar refractivity (Wildman–Crippen MR) is 138 cm³/mol.